The van der Waals surface area contributed by atoms with Crippen LogP contribution in [0.4, 0.5) is 0 Å². The Hall–Kier alpha value is -2.81. The summed E-state index contributed by atoms with van der Waals surface area (Å²) in [7, 11) is 0. The van der Waals surface area contributed by atoms with Crippen molar-refractivity contribution in [2.75, 3.05) is 6.61 Å². The molecule has 26 heavy (non-hydrogen) atoms. The summed E-state index contributed by atoms with van der Waals surface area (Å²) >= 11 is 0. The first kappa shape index (κ1) is 19.5. The number of carbonyl (C=O) groups is 1. The van der Waals surface area contributed by atoms with E-state index in [0.717, 1.165) is 36.8 Å². The summed E-state index contributed by atoms with van der Waals surface area (Å²) < 4.78 is 5.75. The normalized spacial score (nSPS) is 11.3. The summed E-state index contributed by atoms with van der Waals surface area (Å²) in [4.78, 5) is 10.4. The van der Waals surface area contributed by atoms with Crippen LogP contribution in [-0.4, -0.2) is 17.7 Å². The van der Waals surface area contributed by atoms with Crippen LogP contribution in [0, 0.1) is 0 Å². The number of benzene rings is 2. The number of hydrogen-bond acceptors (Lipinski definition) is 2. The molecule has 0 aliphatic heterocycles. The van der Waals surface area contributed by atoms with Gasteiger partial charge in [0.05, 0.1) is 6.61 Å². The number of allylic oxidation sites excluding steroid dienone is 3. The van der Waals surface area contributed by atoms with Crippen LogP contribution < -0.4 is 4.74 Å². The Labute approximate surface area is 155 Å². The number of carboxylic acid groups (broad SMARTS) is 1. The lowest BCUT2D eigenvalue weighted by atomic mass is 10.0. The minimum absolute atomic E-state index is 0.773. The quantitative estimate of drug-likeness (QED) is 0.341. The fraction of sp³-hybridized carbons (Fsp3) is 0.261. The van der Waals surface area contributed by atoms with Gasteiger partial charge in [-0.05, 0) is 41.7 Å². The molecule has 0 atom stereocenters. The molecule has 3 nitrogen and oxygen atoms in total. The van der Waals surface area contributed by atoms with Gasteiger partial charge in [-0.25, -0.2) is 4.79 Å². The summed E-state index contributed by atoms with van der Waals surface area (Å²) in [5, 5.41) is 8.52. The number of rotatable bonds is 10. The molecule has 136 valence electrons. The van der Waals surface area contributed by atoms with Gasteiger partial charge in [0.1, 0.15) is 5.75 Å². The molecule has 2 rings (SSSR count). The van der Waals surface area contributed by atoms with Gasteiger partial charge in [-0.15, -0.1) is 0 Å². The molecule has 0 aliphatic carbocycles. The third-order valence-electron chi connectivity index (χ3n) is 4.00. The lowest BCUT2D eigenvalue weighted by Gasteiger charge is -2.07. The van der Waals surface area contributed by atoms with Gasteiger partial charge in [-0.1, -0.05) is 74.4 Å². The molecular formula is C23H26O3. The van der Waals surface area contributed by atoms with Gasteiger partial charge in [0.2, 0.25) is 0 Å². The maximum atomic E-state index is 10.4. The molecule has 3 heteroatoms. The summed E-state index contributed by atoms with van der Waals surface area (Å²) in [5.41, 5.74) is 3.52. The number of aliphatic carboxylic acids is 1. The average Bonchev–Trinajstić information content (AvgIpc) is 2.66. The Balaban J connectivity index is 1.88. The number of carboxylic acids is 1. The van der Waals surface area contributed by atoms with Crippen LogP contribution in [0.25, 0.3) is 11.1 Å². The first-order valence-electron chi connectivity index (χ1n) is 9.07. The van der Waals surface area contributed by atoms with Gasteiger partial charge in [-0.2, -0.15) is 0 Å². The van der Waals surface area contributed by atoms with Crippen LogP contribution in [0.2, 0.25) is 0 Å². The molecule has 0 unspecified atom stereocenters. The SMILES string of the molecule is CCCCCOc1ccc(-c2ccc(C/C=C/C=C/C(=O)O)cc2)cc1. The number of unbranched alkanes of at least 4 members (excludes halogenated alkanes) is 2. The van der Waals surface area contributed by atoms with Gasteiger partial charge in [0.25, 0.3) is 0 Å². The van der Waals surface area contributed by atoms with Gasteiger partial charge in [0, 0.05) is 6.08 Å². The van der Waals surface area contributed by atoms with E-state index in [1.54, 1.807) is 6.08 Å². The van der Waals surface area contributed by atoms with E-state index in [1.807, 2.05) is 18.2 Å². The van der Waals surface area contributed by atoms with Gasteiger partial charge < -0.3 is 9.84 Å². The van der Waals surface area contributed by atoms with E-state index in [-0.39, 0.29) is 0 Å². The highest BCUT2D eigenvalue weighted by atomic mass is 16.5. The van der Waals surface area contributed by atoms with Crippen molar-refractivity contribution in [1.29, 1.82) is 0 Å². The predicted octanol–water partition coefficient (Wildman–Crippen LogP) is 5.66. The maximum absolute atomic E-state index is 10.4. The van der Waals surface area contributed by atoms with E-state index < -0.39 is 5.97 Å². The van der Waals surface area contributed by atoms with Crippen LogP contribution in [0.1, 0.15) is 31.7 Å². The van der Waals surface area contributed by atoms with Crippen molar-refractivity contribution in [3.05, 3.63) is 78.4 Å². The second kappa shape index (κ2) is 10.9. The molecule has 2 aromatic carbocycles. The highest BCUT2D eigenvalue weighted by molar-refractivity contribution is 5.80. The minimum atomic E-state index is -0.934. The van der Waals surface area contributed by atoms with E-state index in [1.165, 1.54) is 30.0 Å². The maximum Gasteiger partial charge on any atom is 0.328 e. The van der Waals surface area contributed by atoms with Gasteiger partial charge in [-0.3, -0.25) is 0 Å². The molecule has 0 amide bonds. The zero-order chi connectivity index (χ0) is 18.6. The van der Waals surface area contributed by atoms with Crippen molar-refractivity contribution in [1.82, 2.24) is 0 Å². The zero-order valence-electron chi connectivity index (χ0n) is 15.2. The molecule has 0 radical (unpaired) electrons. The van der Waals surface area contributed by atoms with Crippen molar-refractivity contribution in [2.24, 2.45) is 0 Å². The summed E-state index contributed by atoms with van der Waals surface area (Å²) in [6.45, 7) is 2.96. The third-order valence-corrected chi connectivity index (χ3v) is 4.00. The molecule has 0 aliphatic rings. The molecule has 0 saturated heterocycles. The third kappa shape index (κ3) is 6.98. The van der Waals surface area contributed by atoms with Crippen LogP contribution in [0.5, 0.6) is 5.75 Å². The fourth-order valence-electron chi connectivity index (χ4n) is 2.54. The Morgan fingerprint density at radius 3 is 2.23 bits per heavy atom. The molecule has 0 fully saturated rings. The van der Waals surface area contributed by atoms with E-state index in [0.29, 0.717) is 0 Å². The highest BCUT2D eigenvalue weighted by Crippen LogP contribution is 2.23. The predicted molar refractivity (Wildman–Crippen MR) is 107 cm³/mol. The van der Waals surface area contributed by atoms with E-state index in [4.69, 9.17) is 9.84 Å². The number of ether oxygens (including phenoxy) is 1. The van der Waals surface area contributed by atoms with E-state index >= 15 is 0 Å². The second-order valence-corrected chi connectivity index (χ2v) is 6.11. The molecular weight excluding hydrogens is 324 g/mol. The van der Waals surface area contributed by atoms with Crippen molar-refractivity contribution in [2.45, 2.75) is 32.6 Å². The summed E-state index contributed by atoms with van der Waals surface area (Å²) in [6, 6.07) is 16.6. The number of hydrogen-bond donors (Lipinski definition) is 1. The van der Waals surface area contributed by atoms with Gasteiger partial charge in [0.15, 0.2) is 0 Å². The first-order chi connectivity index (χ1) is 12.7. The van der Waals surface area contributed by atoms with Crippen molar-refractivity contribution in [3.8, 4) is 16.9 Å². The molecule has 0 heterocycles. The van der Waals surface area contributed by atoms with Crippen LogP contribution in [-0.2, 0) is 11.2 Å². The van der Waals surface area contributed by atoms with Gasteiger partial charge >= 0.3 is 5.97 Å². The molecule has 1 N–H and O–H groups in total. The molecule has 2 aromatic rings. The average molecular weight is 350 g/mol. The molecule has 0 spiro atoms. The summed E-state index contributed by atoms with van der Waals surface area (Å²) in [5.74, 6) is -0.0163. The van der Waals surface area contributed by atoms with Crippen LogP contribution in [0.3, 0.4) is 0 Å². The Bertz CT molecular complexity index is 725. The summed E-state index contributed by atoms with van der Waals surface area (Å²) in [6.07, 6.45) is 10.6. The zero-order valence-corrected chi connectivity index (χ0v) is 15.2. The standard InChI is InChI=1S/C23H26O3/c1-2-3-7-18-26-22-16-14-21(15-17-22)20-12-10-19(11-13-20)8-5-4-6-9-23(24)25/h4-6,9-17H,2-3,7-8,18H2,1H3,(H,24,25)/b5-4+,9-6+. The monoisotopic (exact) mass is 350 g/mol. The van der Waals surface area contributed by atoms with Crippen molar-refractivity contribution in [3.63, 3.8) is 0 Å². The second-order valence-electron chi connectivity index (χ2n) is 6.11. The van der Waals surface area contributed by atoms with Crippen molar-refractivity contribution < 1.29 is 14.6 Å². The Morgan fingerprint density at radius 2 is 1.62 bits per heavy atom. The Kier molecular flexibility index (Phi) is 8.20. The molecule has 0 bridgehead atoms. The Morgan fingerprint density at radius 1 is 0.962 bits per heavy atom. The smallest absolute Gasteiger partial charge is 0.328 e. The van der Waals surface area contributed by atoms with E-state index in [2.05, 4.69) is 43.3 Å². The van der Waals surface area contributed by atoms with Crippen LogP contribution >= 0.6 is 0 Å². The topological polar surface area (TPSA) is 46.5 Å². The van der Waals surface area contributed by atoms with Crippen molar-refractivity contribution >= 4 is 5.97 Å². The highest BCUT2D eigenvalue weighted by Gasteiger charge is 1.99. The largest absolute Gasteiger partial charge is 0.494 e. The molecule has 0 aromatic heterocycles. The van der Waals surface area contributed by atoms with Crippen LogP contribution in [0.15, 0.2) is 72.8 Å². The van der Waals surface area contributed by atoms with E-state index in [9.17, 15) is 4.79 Å². The fourth-order valence-corrected chi connectivity index (χ4v) is 2.54. The lowest BCUT2D eigenvalue weighted by Crippen LogP contribution is -1.96. The molecule has 0 saturated carbocycles. The first-order valence-corrected chi connectivity index (χ1v) is 9.07. The minimum Gasteiger partial charge on any atom is -0.494 e. The lowest BCUT2D eigenvalue weighted by molar-refractivity contribution is -0.131.